The molecule has 0 aliphatic heterocycles. The first kappa shape index (κ1) is 18.9. The van der Waals surface area contributed by atoms with Crippen LogP contribution in [0.25, 0.3) is 10.3 Å². The number of hydrogen-bond donors (Lipinski definition) is 3. The summed E-state index contributed by atoms with van der Waals surface area (Å²) in [6, 6.07) is 13.7. The van der Waals surface area contributed by atoms with Crippen molar-refractivity contribution in [3.63, 3.8) is 0 Å². The number of fused-ring (bicyclic) bond motifs is 1. The zero-order valence-corrected chi connectivity index (χ0v) is 16.2. The molecule has 0 radical (unpaired) electrons. The van der Waals surface area contributed by atoms with Crippen LogP contribution in [0.15, 0.2) is 63.1 Å². The molecule has 0 saturated carbocycles. The van der Waals surface area contributed by atoms with Crippen molar-refractivity contribution in [1.82, 2.24) is 4.98 Å². The molecule has 3 N–H and O–H groups in total. The zero-order chi connectivity index (χ0) is 20.4. The number of rotatable bonds is 5. The molecule has 4 aromatic rings. The van der Waals surface area contributed by atoms with Crippen molar-refractivity contribution in [3.05, 3.63) is 86.8 Å². The van der Waals surface area contributed by atoms with Gasteiger partial charge in [0.25, 0.3) is 11.5 Å². The summed E-state index contributed by atoms with van der Waals surface area (Å²) in [6.45, 7) is 1.86. The summed E-state index contributed by atoms with van der Waals surface area (Å²) in [5, 5.41) is 14.1. The molecule has 0 aliphatic rings. The molecular formula is C21H17N3O4S. The van der Waals surface area contributed by atoms with E-state index in [9.17, 15) is 9.59 Å². The molecule has 0 unspecified atom stereocenters. The van der Waals surface area contributed by atoms with Gasteiger partial charge in [-0.1, -0.05) is 12.1 Å². The highest BCUT2D eigenvalue weighted by Crippen LogP contribution is 2.23. The highest BCUT2D eigenvalue weighted by atomic mass is 32.1. The van der Waals surface area contributed by atoms with E-state index in [-0.39, 0.29) is 11.5 Å². The highest BCUT2D eigenvalue weighted by molar-refractivity contribution is 7.16. The third kappa shape index (κ3) is 4.03. The van der Waals surface area contributed by atoms with Crippen molar-refractivity contribution in [2.24, 2.45) is 0 Å². The lowest BCUT2D eigenvalue weighted by Crippen LogP contribution is -2.12. The molecule has 1 amide bonds. The summed E-state index contributed by atoms with van der Waals surface area (Å²) in [7, 11) is 0. The lowest BCUT2D eigenvalue weighted by atomic mass is 10.1. The van der Waals surface area contributed by atoms with Gasteiger partial charge >= 0.3 is 0 Å². The van der Waals surface area contributed by atoms with Gasteiger partial charge in [0.2, 0.25) is 5.89 Å². The third-order valence-corrected chi connectivity index (χ3v) is 5.38. The fourth-order valence-corrected chi connectivity index (χ4v) is 3.87. The van der Waals surface area contributed by atoms with Gasteiger partial charge in [-0.25, -0.2) is 0 Å². The molecular weight excluding hydrogens is 390 g/mol. The van der Waals surface area contributed by atoms with Gasteiger partial charge in [-0.05, 0) is 59.8 Å². The third-order valence-electron chi connectivity index (χ3n) is 4.41. The molecule has 2 heterocycles. The average Bonchev–Trinajstić information content (AvgIpc) is 3.09. The fraction of sp³-hybridized carbons (Fsp3) is 0.0952. The summed E-state index contributed by atoms with van der Waals surface area (Å²) < 4.78 is 5.77. The number of aromatic nitrogens is 1. The molecule has 0 fully saturated rings. The van der Waals surface area contributed by atoms with Gasteiger partial charge in [0.1, 0.15) is 0 Å². The Balaban J connectivity index is 1.52. The van der Waals surface area contributed by atoms with Crippen LogP contribution in [0.2, 0.25) is 0 Å². The van der Waals surface area contributed by atoms with Gasteiger partial charge in [0.15, 0.2) is 4.90 Å². The Bertz CT molecular complexity index is 1250. The Morgan fingerprint density at radius 3 is 2.72 bits per heavy atom. The first-order valence-corrected chi connectivity index (χ1v) is 9.70. The van der Waals surface area contributed by atoms with Crippen LogP contribution in [0, 0.1) is 6.92 Å². The van der Waals surface area contributed by atoms with Gasteiger partial charge in [-0.3, -0.25) is 20.3 Å². The molecule has 0 bridgehead atoms. The first-order valence-electron chi connectivity index (χ1n) is 8.82. The molecule has 4 rings (SSSR count). The molecule has 29 heavy (non-hydrogen) atoms. The second kappa shape index (κ2) is 7.86. The van der Waals surface area contributed by atoms with Crippen molar-refractivity contribution in [3.8, 4) is 0 Å². The van der Waals surface area contributed by atoms with E-state index >= 15 is 0 Å². The largest absolute Gasteiger partial charge is 0.431 e. The Morgan fingerprint density at radius 2 is 1.97 bits per heavy atom. The van der Waals surface area contributed by atoms with Crippen LogP contribution >= 0.6 is 11.3 Å². The monoisotopic (exact) mass is 407 g/mol. The SMILES string of the molecule is Cc1csc2oc(Cc3cccc(NC(=O)c4ccc(NO)cc4)c3)nc(=O)c12. The quantitative estimate of drug-likeness (QED) is 0.428. The van der Waals surface area contributed by atoms with Crippen molar-refractivity contribution < 1.29 is 14.4 Å². The van der Waals surface area contributed by atoms with Crippen LogP contribution in [0.3, 0.4) is 0 Å². The second-order valence-electron chi connectivity index (χ2n) is 6.51. The Hall–Kier alpha value is -3.49. The normalized spacial score (nSPS) is 10.8. The zero-order valence-electron chi connectivity index (χ0n) is 15.4. The number of nitrogens with zero attached hydrogens (tertiary/aromatic N) is 1. The van der Waals surface area contributed by atoms with Crippen molar-refractivity contribution in [2.45, 2.75) is 13.3 Å². The number of anilines is 2. The Labute approximate surface area is 169 Å². The minimum atomic E-state index is -0.287. The summed E-state index contributed by atoms with van der Waals surface area (Å²) >= 11 is 1.38. The van der Waals surface area contributed by atoms with E-state index in [1.807, 2.05) is 36.0 Å². The maximum atomic E-state index is 12.4. The van der Waals surface area contributed by atoms with E-state index in [4.69, 9.17) is 9.62 Å². The lowest BCUT2D eigenvalue weighted by Gasteiger charge is -2.08. The highest BCUT2D eigenvalue weighted by Gasteiger charge is 2.12. The summed E-state index contributed by atoms with van der Waals surface area (Å²) in [5.74, 6) is 0.0618. The van der Waals surface area contributed by atoms with Crippen LogP contribution in [0.1, 0.15) is 27.4 Å². The van der Waals surface area contributed by atoms with E-state index in [1.165, 1.54) is 11.3 Å². The Morgan fingerprint density at radius 1 is 1.17 bits per heavy atom. The van der Waals surface area contributed by atoms with Crippen LogP contribution in [0.4, 0.5) is 11.4 Å². The molecule has 0 atom stereocenters. The smallest absolute Gasteiger partial charge is 0.284 e. The molecule has 2 aromatic heterocycles. The number of thiophene rings is 1. The number of carbonyl (C=O) groups excluding carboxylic acids is 1. The number of amides is 1. The maximum Gasteiger partial charge on any atom is 0.284 e. The standard InChI is InChI=1S/C21H17N3O4S/c1-12-11-29-21-18(12)20(26)23-17(28-21)10-13-3-2-4-16(9-13)22-19(25)14-5-7-15(24-27)8-6-14/h2-9,11,24,27H,10H2,1H3,(H,22,25). The number of nitrogens with one attached hydrogen (secondary N) is 2. The number of benzene rings is 2. The summed E-state index contributed by atoms with van der Waals surface area (Å²) in [5.41, 5.74) is 5.03. The molecule has 8 heteroatoms. The predicted molar refractivity (Wildman–Crippen MR) is 112 cm³/mol. The predicted octanol–water partition coefficient (Wildman–Crippen LogP) is 4.20. The second-order valence-corrected chi connectivity index (χ2v) is 7.36. The molecule has 146 valence electrons. The minimum absolute atomic E-state index is 0.272. The van der Waals surface area contributed by atoms with Crippen LogP contribution in [-0.2, 0) is 6.42 Å². The number of aryl methyl sites for hydroxylation is 1. The lowest BCUT2D eigenvalue weighted by molar-refractivity contribution is 0.102. The summed E-state index contributed by atoms with van der Waals surface area (Å²) in [6.07, 6.45) is 0.336. The van der Waals surface area contributed by atoms with Crippen LogP contribution < -0.4 is 16.4 Å². The number of carbonyl (C=O) groups is 1. The molecule has 0 spiro atoms. The van der Waals surface area contributed by atoms with Gasteiger partial charge < -0.3 is 9.73 Å². The maximum absolute atomic E-state index is 12.4. The van der Waals surface area contributed by atoms with Crippen molar-refractivity contribution >= 4 is 38.9 Å². The van der Waals surface area contributed by atoms with E-state index in [2.05, 4.69) is 10.3 Å². The van der Waals surface area contributed by atoms with Crippen molar-refractivity contribution in [1.29, 1.82) is 0 Å². The molecule has 7 nitrogen and oxygen atoms in total. The molecule has 0 aliphatic carbocycles. The van der Waals surface area contributed by atoms with E-state index in [1.54, 1.807) is 30.3 Å². The number of hydrogen-bond acceptors (Lipinski definition) is 7. The minimum Gasteiger partial charge on any atom is -0.431 e. The van der Waals surface area contributed by atoms with Gasteiger partial charge in [0.05, 0.1) is 11.1 Å². The molecule has 0 saturated heterocycles. The van der Waals surface area contributed by atoms with Gasteiger partial charge in [0, 0.05) is 17.7 Å². The summed E-state index contributed by atoms with van der Waals surface area (Å²) in [4.78, 5) is 29.3. The topological polar surface area (TPSA) is 104 Å². The molecule has 2 aromatic carbocycles. The first-order chi connectivity index (χ1) is 14.0. The van der Waals surface area contributed by atoms with E-state index in [0.717, 1.165) is 11.1 Å². The van der Waals surface area contributed by atoms with Gasteiger partial charge in [-0.15, -0.1) is 11.3 Å². The van der Waals surface area contributed by atoms with Gasteiger partial charge in [-0.2, -0.15) is 4.98 Å². The van der Waals surface area contributed by atoms with Crippen LogP contribution in [-0.4, -0.2) is 16.1 Å². The average molecular weight is 407 g/mol. The van der Waals surface area contributed by atoms with E-state index < -0.39 is 0 Å². The Kier molecular flexibility index (Phi) is 5.11. The van der Waals surface area contributed by atoms with Crippen molar-refractivity contribution in [2.75, 3.05) is 10.8 Å². The van der Waals surface area contributed by atoms with Crippen LogP contribution in [0.5, 0.6) is 0 Å². The van der Waals surface area contributed by atoms with E-state index in [0.29, 0.717) is 39.5 Å². The fourth-order valence-electron chi connectivity index (χ4n) is 2.96.